The molecule has 27 heavy (non-hydrogen) atoms. The lowest BCUT2D eigenvalue weighted by Gasteiger charge is -2.13. The third-order valence-corrected chi connectivity index (χ3v) is 4.23. The van der Waals surface area contributed by atoms with Crippen molar-refractivity contribution < 1.29 is 19.1 Å². The molecule has 7 heteroatoms. The molecular formula is C20H17ClN2O4. The fourth-order valence-corrected chi connectivity index (χ4v) is 2.82. The molecule has 0 spiro atoms. The Balaban J connectivity index is 1.76. The van der Waals surface area contributed by atoms with Gasteiger partial charge < -0.3 is 20.1 Å². The summed E-state index contributed by atoms with van der Waals surface area (Å²) >= 11 is 6.04. The van der Waals surface area contributed by atoms with Gasteiger partial charge >= 0.3 is 11.8 Å². The van der Waals surface area contributed by atoms with E-state index in [1.807, 2.05) is 30.3 Å². The van der Waals surface area contributed by atoms with Crippen LogP contribution in [-0.4, -0.2) is 26.0 Å². The van der Waals surface area contributed by atoms with Crippen LogP contribution in [0.15, 0.2) is 54.6 Å². The second kappa shape index (κ2) is 7.97. The zero-order chi connectivity index (χ0) is 19.4. The summed E-state index contributed by atoms with van der Waals surface area (Å²) in [6.07, 6.45) is 0. The lowest BCUT2D eigenvalue weighted by molar-refractivity contribution is -0.133. The molecule has 0 saturated heterocycles. The number of methoxy groups -OCH3 is 2. The van der Waals surface area contributed by atoms with Gasteiger partial charge in [0.25, 0.3) is 0 Å². The maximum Gasteiger partial charge on any atom is 0.314 e. The Kier molecular flexibility index (Phi) is 5.47. The summed E-state index contributed by atoms with van der Waals surface area (Å²) in [4.78, 5) is 24.5. The summed E-state index contributed by atoms with van der Waals surface area (Å²) in [5.74, 6) is -0.984. The second-order valence-corrected chi connectivity index (χ2v) is 6.06. The Hall–Kier alpha value is -3.25. The van der Waals surface area contributed by atoms with Crippen LogP contribution in [0, 0.1) is 0 Å². The van der Waals surface area contributed by atoms with E-state index >= 15 is 0 Å². The zero-order valence-corrected chi connectivity index (χ0v) is 15.5. The van der Waals surface area contributed by atoms with Crippen molar-refractivity contribution in [3.63, 3.8) is 0 Å². The number of amides is 2. The van der Waals surface area contributed by atoms with E-state index < -0.39 is 11.8 Å². The van der Waals surface area contributed by atoms with Gasteiger partial charge in [0.05, 0.1) is 24.9 Å². The normalized spacial score (nSPS) is 10.3. The zero-order valence-electron chi connectivity index (χ0n) is 14.7. The first kappa shape index (κ1) is 18.5. The Bertz CT molecular complexity index is 1020. The minimum atomic E-state index is -0.842. The number of nitrogens with one attached hydrogen (secondary N) is 2. The number of hydrogen-bond donors (Lipinski definition) is 2. The molecule has 0 heterocycles. The van der Waals surface area contributed by atoms with Gasteiger partial charge in [0.1, 0.15) is 11.5 Å². The van der Waals surface area contributed by atoms with Crippen molar-refractivity contribution in [2.45, 2.75) is 0 Å². The first-order valence-electron chi connectivity index (χ1n) is 8.04. The van der Waals surface area contributed by atoms with Crippen LogP contribution >= 0.6 is 11.6 Å². The summed E-state index contributed by atoms with van der Waals surface area (Å²) in [6, 6.07) is 16.1. The minimum Gasteiger partial charge on any atom is -0.495 e. The molecule has 0 aromatic heterocycles. The smallest absolute Gasteiger partial charge is 0.314 e. The number of carbonyl (C=O) groups excluding carboxylic acids is 2. The molecule has 0 unspecified atom stereocenters. The quantitative estimate of drug-likeness (QED) is 0.664. The summed E-state index contributed by atoms with van der Waals surface area (Å²) in [5, 5.41) is 7.41. The molecule has 2 N–H and O–H groups in total. The molecule has 0 atom stereocenters. The SMILES string of the molecule is COc1cc(NC(=O)C(=O)Nc2ccc3ccccc3c2)c(OC)cc1Cl. The van der Waals surface area contributed by atoms with Crippen LogP contribution in [0.3, 0.4) is 0 Å². The highest BCUT2D eigenvalue weighted by Crippen LogP contribution is 2.35. The molecule has 0 aliphatic rings. The Morgan fingerprint density at radius 2 is 1.48 bits per heavy atom. The highest BCUT2D eigenvalue weighted by molar-refractivity contribution is 6.44. The molecule has 3 rings (SSSR count). The molecule has 6 nitrogen and oxygen atoms in total. The fraction of sp³-hybridized carbons (Fsp3) is 0.100. The second-order valence-electron chi connectivity index (χ2n) is 5.66. The standard InChI is InChI=1S/C20H17ClN2O4/c1-26-17-11-16(18(27-2)10-15(17)21)23-20(25)19(24)22-14-8-7-12-5-3-4-6-13(12)9-14/h3-11H,1-2H3,(H,22,24)(H,23,25). The fourth-order valence-electron chi connectivity index (χ4n) is 2.59. The van der Waals surface area contributed by atoms with Crippen LogP contribution in [0.5, 0.6) is 11.5 Å². The number of hydrogen-bond acceptors (Lipinski definition) is 4. The van der Waals surface area contributed by atoms with Crippen LogP contribution in [0.25, 0.3) is 10.8 Å². The molecule has 0 aliphatic carbocycles. The Labute approximate surface area is 161 Å². The molecule has 3 aromatic rings. The molecule has 0 fully saturated rings. The van der Waals surface area contributed by atoms with Gasteiger partial charge in [0.2, 0.25) is 0 Å². The van der Waals surface area contributed by atoms with E-state index in [1.54, 1.807) is 12.1 Å². The number of rotatable bonds is 4. The molecular weight excluding hydrogens is 368 g/mol. The van der Waals surface area contributed by atoms with Gasteiger partial charge in [-0.25, -0.2) is 0 Å². The Morgan fingerprint density at radius 1 is 0.815 bits per heavy atom. The van der Waals surface area contributed by atoms with E-state index in [2.05, 4.69) is 10.6 Å². The number of halogens is 1. The number of benzene rings is 3. The van der Waals surface area contributed by atoms with Crippen LogP contribution in [0.2, 0.25) is 5.02 Å². The van der Waals surface area contributed by atoms with E-state index in [-0.39, 0.29) is 5.69 Å². The van der Waals surface area contributed by atoms with Crippen molar-refractivity contribution in [1.82, 2.24) is 0 Å². The van der Waals surface area contributed by atoms with Crippen LogP contribution in [-0.2, 0) is 9.59 Å². The predicted molar refractivity (Wildman–Crippen MR) is 106 cm³/mol. The van der Waals surface area contributed by atoms with Crippen LogP contribution in [0.1, 0.15) is 0 Å². The molecule has 0 saturated carbocycles. The van der Waals surface area contributed by atoms with Gasteiger partial charge in [-0.3, -0.25) is 9.59 Å². The molecule has 3 aromatic carbocycles. The van der Waals surface area contributed by atoms with E-state index in [1.165, 1.54) is 26.4 Å². The summed E-state index contributed by atoms with van der Waals surface area (Å²) < 4.78 is 10.3. The van der Waals surface area contributed by atoms with E-state index in [9.17, 15) is 9.59 Å². The number of carbonyl (C=O) groups is 2. The lowest BCUT2D eigenvalue weighted by atomic mass is 10.1. The largest absolute Gasteiger partial charge is 0.495 e. The van der Waals surface area contributed by atoms with Gasteiger partial charge in [-0.1, -0.05) is 41.9 Å². The highest BCUT2D eigenvalue weighted by atomic mass is 35.5. The van der Waals surface area contributed by atoms with E-state index in [4.69, 9.17) is 21.1 Å². The topological polar surface area (TPSA) is 76.7 Å². The first-order chi connectivity index (χ1) is 13.0. The number of anilines is 2. The third-order valence-electron chi connectivity index (χ3n) is 3.94. The predicted octanol–water partition coefficient (Wildman–Crippen LogP) is 4.09. The maximum absolute atomic E-state index is 12.3. The van der Waals surface area contributed by atoms with Gasteiger partial charge in [0, 0.05) is 17.8 Å². The molecule has 0 radical (unpaired) electrons. The van der Waals surface area contributed by atoms with Crippen molar-refractivity contribution in [1.29, 1.82) is 0 Å². The van der Waals surface area contributed by atoms with E-state index in [0.717, 1.165) is 10.8 Å². The van der Waals surface area contributed by atoms with Gasteiger partial charge in [0.15, 0.2) is 0 Å². The highest BCUT2D eigenvalue weighted by Gasteiger charge is 2.18. The van der Waals surface area contributed by atoms with Gasteiger partial charge in [-0.15, -0.1) is 0 Å². The van der Waals surface area contributed by atoms with Gasteiger partial charge in [-0.2, -0.15) is 0 Å². The average molecular weight is 385 g/mol. The molecule has 0 bridgehead atoms. The van der Waals surface area contributed by atoms with Crippen molar-refractivity contribution in [3.05, 3.63) is 59.6 Å². The minimum absolute atomic E-state index is 0.275. The first-order valence-corrected chi connectivity index (χ1v) is 8.42. The molecule has 2 amide bonds. The number of ether oxygens (including phenoxy) is 2. The summed E-state index contributed by atoms with van der Waals surface area (Å²) in [5.41, 5.74) is 0.798. The van der Waals surface area contributed by atoms with E-state index in [0.29, 0.717) is 22.2 Å². The van der Waals surface area contributed by atoms with Gasteiger partial charge in [-0.05, 0) is 22.9 Å². The summed E-state index contributed by atoms with van der Waals surface area (Å²) in [6.45, 7) is 0. The summed E-state index contributed by atoms with van der Waals surface area (Å²) in [7, 11) is 2.88. The lowest BCUT2D eigenvalue weighted by Crippen LogP contribution is -2.29. The monoisotopic (exact) mass is 384 g/mol. The van der Waals surface area contributed by atoms with Crippen molar-refractivity contribution >= 4 is 45.6 Å². The van der Waals surface area contributed by atoms with Crippen molar-refractivity contribution in [3.8, 4) is 11.5 Å². The molecule has 0 aliphatic heterocycles. The molecule has 138 valence electrons. The van der Waals surface area contributed by atoms with Crippen LogP contribution in [0.4, 0.5) is 11.4 Å². The third kappa shape index (κ3) is 4.12. The van der Waals surface area contributed by atoms with Crippen LogP contribution < -0.4 is 20.1 Å². The Morgan fingerprint density at radius 3 is 2.19 bits per heavy atom. The van der Waals surface area contributed by atoms with Crippen molar-refractivity contribution in [2.75, 3.05) is 24.9 Å². The maximum atomic E-state index is 12.3. The average Bonchev–Trinajstić information content (AvgIpc) is 2.68. The van der Waals surface area contributed by atoms with Crippen molar-refractivity contribution in [2.24, 2.45) is 0 Å². The number of fused-ring (bicyclic) bond motifs is 1.